The maximum absolute atomic E-state index is 5.99. The summed E-state index contributed by atoms with van der Waals surface area (Å²) >= 11 is 12.0. The van der Waals surface area contributed by atoms with E-state index in [-0.39, 0.29) is 0 Å². The van der Waals surface area contributed by atoms with E-state index in [0.717, 1.165) is 42.8 Å². The molecular weight excluding hydrogens is 341 g/mol. The molecule has 130 valence electrons. The molecule has 0 unspecified atom stereocenters. The summed E-state index contributed by atoms with van der Waals surface area (Å²) < 4.78 is 0. The first-order valence-corrected chi connectivity index (χ1v) is 8.92. The molecule has 0 aromatic heterocycles. The molecule has 0 saturated heterocycles. The summed E-state index contributed by atoms with van der Waals surface area (Å²) in [6.45, 7) is 5.33. The van der Waals surface area contributed by atoms with Gasteiger partial charge in [0.05, 0.1) is 0 Å². The summed E-state index contributed by atoms with van der Waals surface area (Å²) in [5.41, 5.74) is 8.15. The van der Waals surface area contributed by atoms with Crippen LogP contribution < -0.4 is 5.73 Å². The average Bonchev–Trinajstić information content (AvgIpc) is 2.57. The van der Waals surface area contributed by atoms with Crippen LogP contribution in [0.4, 0.5) is 0 Å². The summed E-state index contributed by atoms with van der Waals surface area (Å²) in [5, 5.41) is 1.54. The molecule has 0 atom stereocenters. The lowest BCUT2D eigenvalue weighted by atomic mass is 10.1. The molecule has 0 aliphatic heterocycles. The molecule has 5 heteroatoms. The Kier molecular flexibility index (Phi) is 8.03. The lowest BCUT2D eigenvalue weighted by molar-refractivity contribution is 0.214. The third-order valence-electron chi connectivity index (χ3n) is 3.95. The highest BCUT2D eigenvalue weighted by Crippen LogP contribution is 2.15. The molecule has 3 nitrogen and oxygen atoms in total. The largest absolute Gasteiger partial charge is 0.329 e. The molecule has 2 N–H and O–H groups in total. The molecule has 2 aromatic rings. The number of hydrogen-bond donors (Lipinski definition) is 1. The molecule has 0 amide bonds. The predicted molar refractivity (Wildman–Crippen MR) is 104 cm³/mol. The molecule has 0 radical (unpaired) electrons. The van der Waals surface area contributed by atoms with Crippen molar-refractivity contribution in [3.8, 4) is 0 Å². The van der Waals surface area contributed by atoms with Gasteiger partial charge in [0.25, 0.3) is 0 Å². The fourth-order valence-corrected chi connectivity index (χ4v) is 2.81. The van der Waals surface area contributed by atoms with Crippen LogP contribution in [0.25, 0.3) is 0 Å². The van der Waals surface area contributed by atoms with Crippen molar-refractivity contribution < 1.29 is 0 Å². The van der Waals surface area contributed by atoms with E-state index in [1.54, 1.807) is 0 Å². The summed E-state index contributed by atoms with van der Waals surface area (Å²) in [4.78, 5) is 4.69. The molecule has 2 rings (SSSR count). The normalized spacial score (nSPS) is 11.4. The lowest BCUT2D eigenvalue weighted by Crippen LogP contribution is -2.35. The zero-order chi connectivity index (χ0) is 17.4. The summed E-state index contributed by atoms with van der Waals surface area (Å²) in [6.07, 6.45) is 0. The van der Waals surface area contributed by atoms with Crippen molar-refractivity contribution in [1.82, 2.24) is 9.80 Å². The van der Waals surface area contributed by atoms with Gasteiger partial charge < -0.3 is 10.6 Å². The van der Waals surface area contributed by atoms with Gasteiger partial charge in [0.2, 0.25) is 0 Å². The number of halogens is 2. The van der Waals surface area contributed by atoms with Crippen LogP contribution in [0.2, 0.25) is 10.0 Å². The van der Waals surface area contributed by atoms with E-state index in [1.807, 2.05) is 24.3 Å². The minimum Gasteiger partial charge on any atom is -0.329 e. The summed E-state index contributed by atoms with van der Waals surface area (Å²) in [5.74, 6) is 0. The van der Waals surface area contributed by atoms with E-state index in [4.69, 9.17) is 28.9 Å². The monoisotopic (exact) mass is 365 g/mol. The topological polar surface area (TPSA) is 32.5 Å². The highest BCUT2D eigenvalue weighted by molar-refractivity contribution is 6.30. The van der Waals surface area contributed by atoms with Crippen LogP contribution in [-0.2, 0) is 13.1 Å². The second-order valence-electron chi connectivity index (χ2n) is 6.06. The van der Waals surface area contributed by atoms with Gasteiger partial charge in [-0.1, -0.05) is 47.5 Å². The molecule has 24 heavy (non-hydrogen) atoms. The van der Waals surface area contributed by atoms with Gasteiger partial charge in [0.15, 0.2) is 0 Å². The zero-order valence-electron chi connectivity index (χ0n) is 14.1. The Hall–Kier alpha value is -1.10. The Balaban J connectivity index is 2.01. The molecule has 0 aliphatic rings. The molecule has 0 spiro atoms. The fourth-order valence-electron chi connectivity index (χ4n) is 2.55. The number of rotatable bonds is 9. The van der Waals surface area contributed by atoms with Crippen LogP contribution in [0, 0.1) is 0 Å². The fraction of sp³-hybridized carbons (Fsp3) is 0.368. The Morgan fingerprint density at radius 3 is 1.62 bits per heavy atom. The Morgan fingerprint density at radius 2 is 1.21 bits per heavy atom. The van der Waals surface area contributed by atoms with Gasteiger partial charge in [-0.15, -0.1) is 0 Å². The predicted octanol–water partition coefficient (Wildman–Crippen LogP) is 3.89. The average molecular weight is 366 g/mol. The van der Waals surface area contributed by atoms with E-state index in [9.17, 15) is 0 Å². The van der Waals surface area contributed by atoms with Gasteiger partial charge in [-0.05, 0) is 42.4 Å². The maximum atomic E-state index is 5.99. The molecule has 2 aromatic carbocycles. The maximum Gasteiger partial charge on any atom is 0.0406 e. The zero-order valence-corrected chi connectivity index (χ0v) is 15.6. The van der Waals surface area contributed by atoms with E-state index in [0.29, 0.717) is 6.54 Å². The Bertz CT molecular complexity index is 552. The number of nitrogens with two attached hydrogens (primary N) is 1. The third kappa shape index (κ3) is 6.80. The van der Waals surface area contributed by atoms with Gasteiger partial charge in [-0.2, -0.15) is 0 Å². The molecule has 0 aliphatic carbocycles. The van der Waals surface area contributed by atoms with E-state index in [1.165, 1.54) is 11.1 Å². The number of benzene rings is 2. The standard InChI is InChI=1S/C19H25Cl2N3/c1-23(11-10-22)12-13-24(14-16-2-6-18(20)7-3-16)15-17-4-8-19(21)9-5-17/h2-9H,10-15,22H2,1H3. The van der Waals surface area contributed by atoms with Gasteiger partial charge in [0.1, 0.15) is 0 Å². The van der Waals surface area contributed by atoms with Gasteiger partial charge in [-0.25, -0.2) is 0 Å². The second kappa shape index (κ2) is 10.0. The minimum absolute atomic E-state index is 0.685. The smallest absolute Gasteiger partial charge is 0.0406 e. The first kappa shape index (κ1) is 19.2. The van der Waals surface area contributed by atoms with E-state index >= 15 is 0 Å². The molecular formula is C19H25Cl2N3. The quantitative estimate of drug-likeness (QED) is 0.731. The van der Waals surface area contributed by atoms with Crippen LogP contribution in [0.15, 0.2) is 48.5 Å². The van der Waals surface area contributed by atoms with Crippen molar-refractivity contribution in [3.63, 3.8) is 0 Å². The molecule has 0 saturated carbocycles. The van der Waals surface area contributed by atoms with Crippen molar-refractivity contribution in [1.29, 1.82) is 0 Å². The molecule has 0 bridgehead atoms. The van der Waals surface area contributed by atoms with Gasteiger partial charge >= 0.3 is 0 Å². The Morgan fingerprint density at radius 1 is 0.750 bits per heavy atom. The van der Waals surface area contributed by atoms with E-state index in [2.05, 4.69) is 41.1 Å². The van der Waals surface area contributed by atoms with Gasteiger partial charge in [-0.3, -0.25) is 4.90 Å². The number of likely N-dealkylation sites (N-methyl/N-ethyl adjacent to an activating group) is 1. The highest BCUT2D eigenvalue weighted by atomic mass is 35.5. The Labute approximate surface area is 155 Å². The first-order chi connectivity index (χ1) is 11.6. The molecule has 0 heterocycles. The number of nitrogens with zero attached hydrogens (tertiary/aromatic N) is 2. The lowest BCUT2D eigenvalue weighted by Gasteiger charge is -2.25. The van der Waals surface area contributed by atoms with Crippen LogP contribution in [0.3, 0.4) is 0 Å². The van der Waals surface area contributed by atoms with Crippen molar-refractivity contribution in [3.05, 3.63) is 69.7 Å². The minimum atomic E-state index is 0.685. The summed E-state index contributed by atoms with van der Waals surface area (Å²) in [6, 6.07) is 16.1. The third-order valence-corrected chi connectivity index (χ3v) is 4.45. The van der Waals surface area contributed by atoms with Gasteiger partial charge in [0, 0.05) is 49.3 Å². The SMILES string of the molecule is CN(CCN)CCN(Cc1ccc(Cl)cc1)Cc1ccc(Cl)cc1. The van der Waals surface area contributed by atoms with Crippen LogP contribution in [0.1, 0.15) is 11.1 Å². The van der Waals surface area contributed by atoms with Crippen molar-refractivity contribution in [2.24, 2.45) is 5.73 Å². The first-order valence-electron chi connectivity index (χ1n) is 8.16. The van der Waals surface area contributed by atoms with Crippen molar-refractivity contribution >= 4 is 23.2 Å². The van der Waals surface area contributed by atoms with Crippen LogP contribution in [0.5, 0.6) is 0 Å². The van der Waals surface area contributed by atoms with Crippen LogP contribution in [-0.4, -0.2) is 43.0 Å². The highest BCUT2D eigenvalue weighted by Gasteiger charge is 2.09. The van der Waals surface area contributed by atoms with Crippen LogP contribution >= 0.6 is 23.2 Å². The molecule has 0 fully saturated rings. The second-order valence-corrected chi connectivity index (χ2v) is 6.93. The van der Waals surface area contributed by atoms with E-state index < -0.39 is 0 Å². The summed E-state index contributed by atoms with van der Waals surface area (Å²) in [7, 11) is 2.11. The van der Waals surface area contributed by atoms with Crippen molar-refractivity contribution in [2.75, 3.05) is 33.2 Å². The number of hydrogen-bond acceptors (Lipinski definition) is 3. The van der Waals surface area contributed by atoms with Crippen molar-refractivity contribution in [2.45, 2.75) is 13.1 Å².